The van der Waals surface area contributed by atoms with Crippen LogP contribution >= 0.6 is 66.7 Å². The topological polar surface area (TPSA) is 148 Å². The maximum atomic E-state index is 10.8. The predicted octanol–water partition coefficient (Wildman–Crippen LogP) is 8.57. The standard InChI is InChI=1S/C12H15BClNO4.2C6H3BrClNO2/c1-11(2)12(3,4)19-13(18-11)9-7-8(15(16)17)5-6-10(9)14;2*7-5-3-4(9(10)11)1-2-6(5)8/h5-7H,1-4H3;2*1-3H. The molecule has 0 bridgehead atoms. The van der Waals surface area contributed by atoms with E-state index in [-0.39, 0.29) is 17.1 Å². The van der Waals surface area contributed by atoms with Gasteiger partial charge in [0.1, 0.15) is 0 Å². The Hall–Kier alpha value is -2.33. The molecule has 0 aromatic heterocycles. The predicted molar refractivity (Wildman–Crippen MR) is 165 cm³/mol. The molecule has 218 valence electrons. The fourth-order valence-electron chi connectivity index (χ4n) is 2.99. The number of nitrogens with zero attached hydrogens (tertiary/aromatic N) is 3. The van der Waals surface area contributed by atoms with Crippen LogP contribution in [-0.4, -0.2) is 33.1 Å². The highest BCUT2D eigenvalue weighted by Gasteiger charge is 2.52. The Morgan fingerprint density at radius 1 is 0.634 bits per heavy atom. The van der Waals surface area contributed by atoms with Crippen molar-refractivity contribution in [3.8, 4) is 0 Å². The molecule has 17 heteroatoms. The smallest absolute Gasteiger partial charge is 0.399 e. The van der Waals surface area contributed by atoms with Gasteiger partial charge < -0.3 is 9.31 Å². The van der Waals surface area contributed by atoms with Crippen LogP contribution in [0.5, 0.6) is 0 Å². The first-order chi connectivity index (χ1) is 18.9. The Morgan fingerprint density at radius 3 is 1.27 bits per heavy atom. The number of hydrogen-bond acceptors (Lipinski definition) is 8. The van der Waals surface area contributed by atoms with E-state index < -0.39 is 33.1 Å². The van der Waals surface area contributed by atoms with Gasteiger partial charge >= 0.3 is 7.12 Å². The highest BCUT2D eigenvalue weighted by atomic mass is 79.9. The van der Waals surface area contributed by atoms with Gasteiger partial charge in [-0.25, -0.2) is 0 Å². The van der Waals surface area contributed by atoms with Gasteiger partial charge in [0.05, 0.1) is 36.0 Å². The van der Waals surface area contributed by atoms with Gasteiger partial charge in [-0.15, -0.1) is 0 Å². The average Bonchev–Trinajstić information content (AvgIpc) is 3.09. The minimum Gasteiger partial charge on any atom is -0.399 e. The van der Waals surface area contributed by atoms with Gasteiger partial charge in [-0.2, -0.15) is 0 Å². The number of nitro groups is 3. The fourth-order valence-corrected chi connectivity index (χ4v) is 4.17. The molecule has 3 aromatic rings. The molecule has 1 saturated heterocycles. The minimum absolute atomic E-state index is 0.0290. The average molecular weight is 756 g/mol. The SMILES string of the molecule is CC1(C)OB(c2cc([N+](=O)[O-])ccc2Cl)OC1(C)C.O=[N+]([O-])c1ccc(Cl)c(Br)c1.O=[N+]([O-])c1ccc(Cl)c(Br)c1. The first-order valence-electron chi connectivity index (χ1n) is 11.3. The van der Waals surface area contributed by atoms with Crippen molar-refractivity contribution in [3.63, 3.8) is 0 Å². The van der Waals surface area contributed by atoms with Crippen LogP contribution in [-0.2, 0) is 9.31 Å². The lowest BCUT2D eigenvalue weighted by Gasteiger charge is -2.32. The zero-order valence-electron chi connectivity index (χ0n) is 21.8. The van der Waals surface area contributed by atoms with Gasteiger partial charge in [0, 0.05) is 55.8 Å². The molecule has 11 nitrogen and oxygen atoms in total. The van der Waals surface area contributed by atoms with Crippen molar-refractivity contribution in [2.24, 2.45) is 0 Å². The number of halogens is 5. The first kappa shape index (κ1) is 34.9. The van der Waals surface area contributed by atoms with Gasteiger partial charge in [0.25, 0.3) is 17.1 Å². The van der Waals surface area contributed by atoms with Crippen LogP contribution in [0.3, 0.4) is 0 Å². The largest absolute Gasteiger partial charge is 0.496 e. The zero-order chi connectivity index (χ0) is 31.3. The second-order valence-corrected chi connectivity index (χ2v) is 12.2. The number of non-ortho nitro benzene ring substituents is 3. The summed E-state index contributed by atoms with van der Waals surface area (Å²) in [7, 11) is -0.697. The van der Waals surface area contributed by atoms with Crippen LogP contribution in [0.2, 0.25) is 15.1 Å². The Morgan fingerprint density at radius 2 is 0.951 bits per heavy atom. The summed E-state index contributed by atoms with van der Waals surface area (Å²) in [6.07, 6.45) is 0. The van der Waals surface area contributed by atoms with Gasteiger partial charge in [0.15, 0.2) is 0 Å². The highest BCUT2D eigenvalue weighted by Crippen LogP contribution is 2.37. The quantitative estimate of drug-likeness (QED) is 0.146. The first-order valence-corrected chi connectivity index (χ1v) is 14.1. The molecule has 4 rings (SSSR count). The van der Waals surface area contributed by atoms with E-state index in [2.05, 4.69) is 31.9 Å². The molecule has 0 unspecified atom stereocenters. The summed E-state index contributed by atoms with van der Waals surface area (Å²) in [6.45, 7) is 7.66. The zero-order valence-corrected chi connectivity index (χ0v) is 27.2. The number of benzene rings is 3. The van der Waals surface area contributed by atoms with Gasteiger partial charge in [-0.05, 0) is 77.8 Å². The fraction of sp³-hybridized carbons (Fsp3) is 0.250. The van der Waals surface area contributed by atoms with Crippen LogP contribution < -0.4 is 5.46 Å². The Kier molecular flexibility index (Phi) is 12.1. The van der Waals surface area contributed by atoms with Crippen LogP contribution in [0.1, 0.15) is 27.7 Å². The summed E-state index contributed by atoms with van der Waals surface area (Å²) in [5.74, 6) is 0. The molecule has 3 aromatic carbocycles. The number of nitro benzene ring substituents is 3. The third-order valence-corrected chi connectivity index (χ3v) is 8.70. The van der Waals surface area contributed by atoms with E-state index in [1.807, 2.05) is 27.7 Å². The Labute approximate surface area is 266 Å². The molecule has 1 aliphatic heterocycles. The molecule has 1 aliphatic rings. The molecule has 0 saturated carbocycles. The molecule has 0 atom stereocenters. The van der Waals surface area contributed by atoms with E-state index in [9.17, 15) is 30.3 Å². The minimum atomic E-state index is -0.697. The van der Waals surface area contributed by atoms with E-state index in [4.69, 9.17) is 44.1 Å². The van der Waals surface area contributed by atoms with Crippen molar-refractivity contribution in [1.82, 2.24) is 0 Å². The summed E-state index contributed by atoms with van der Waals surface area (Å²) < 4.78 is 12.7. The number of hydrogen-bond donors (Lipinski definition) is 0. The van der Waals surface area contributed by atoms with Crippen molar-refractivity contribution < 1.29 is 24.1 Å². The van der Waals surface area contributed by atoms with Crippen LogP contribution in [0.4, 0.5) is 17.1 Å². The Balaban J connectivity index is 0.000000230. The van der Waals surface area contributed by atoms with Crippen molar-refractivity contribution in [2.45, 2.75) is 38.9 Å². The summed E-state index contributed by atoms with van der Waals surface area (Å²) in [5.41, 5.74) is -0.511. The van der Waals surface area contributed by atoms with Gasteiger partial charge in [0.2, 0.25) is 0 Å². The van der Waals surface area contributed by atoms with E-state index in [1.54, 1.807) is 0 Å². The van der Waals surface area contributed by atoms with Gasteiger partial charge in [-0.1, -0.05) is 34.8 Å². The summed E-state index contributed by atoms with van der Waals surface area (Å²) in [4.78, 5) is 29.8. The summed E-state index contributed by atoms with van der Waals surface area (Å²) in [6, 6.07) is 12.6. The van der Waals surface area contributed by atoms with Crippen LogP contribution in [0.25, 0.3) is 0 Å². The third kappa shape index (κ3) is 9.33. The highest BCUT2D eigenvalue weighted by molar-refractivity contribution is 9.10. The third-order valence-electron chi connectivity index (χ3n) is 5.93. The number of rotatable bonds is 4. The summed E-state index contributed by atoms with van der Waals surface area (Å²) >= 11 is 23.5. The van der Waals surface area contributed by atoms with Crippen molar-refractivity contribution in [3.05, 3.63) is 109 Å². The molecule has 0 radical (unpaired) electrons. The maximum absolute atomic E-state index is 10.8. The van der Waals surface area contributed by atoms with Crippen molar-refractivity contribution in [1.29, 1.82) is 0 Å². The van der Waals surface area contributed by atoms with E-state index in [1.165, 1.54) is 54.6 Å². The molecule has 41 heavy (non-hydrogen) atoms. The molecule has 1 heterocycles. The van der Waals surface area contributed by atoms with Crippen LogP contribution in [0.15, 0.2) is 63.5 Å². The molecule has 1 fully saturated rings. The summed E-state index contributed by atoms with van der Waals surface area (Å²) in [5, 5.41) is 32.6. The molecule has 0 spiro atoms. The second-order valence-electron chi connectivity index (χ2n) is 9.26. The van der Waals surface area contributed by atoms with Crippen LogP contribution in [0, 0.1) is 30.3 Å². The van der Waals surface area contributed by atoms with Gasteiger partial charge in [-0.3, -0.25) is 30.3 Å². The van der Waals surface area contributed by atoms with E-state index in [0.717, 1.165) is 0 Å². The van der Waals surface area contributed by atoms with Crippen molar-refractivity contribution in [2.75, 3.05) is 0 Å². The molecule has 0 N–H and O–H groups in total. The normalized spacial score (nSPS) is 14.7. The monoisotopic (exact) mass is 753 g/mol. The molecular weight excluding hydrogens is 735 g/mol. The Bertz CT molecular complexity index is 1400. The second kappa shape index (κ2) is 14.2. The lowest BCUT2D eigenvalue weighted by molar-refractivity contribution is -0.385. The molecule has 0 amide bonds. The van der Waals surface area contributed by atoms with E-state index >= 15 is 0 Å². The molecule has 0 aliphatic carbocycles. The van der Waals surface area contributed by atoms with E-state index in [0.29, 0.717) is 29.5 Å². The van der Waals surface area contributed by atoms with Crippen molar-refractivity contribution >= 4 is 96.3 Å². The molecular formula is C24H21BBr2Cl3N3O8. The maximum Gasteiger partial charge on any atom is 0.496 e. The lowest BCUT2D eigenvalue weighted by atomic mass is 9.79. The lowest BCUT2D eigenvalue weighted by Crippen LogP contribution is -2.41.